The Morgan fingerprint density at radius 3 is 2.78 bits per heavy atom. The van der Waals surface area contributed by atoms with Crippen molar-refractivity contribution in [3.05, 3.63) is 24.3 Å². The Bertz CT molecular complexity index is 618. The molecule has 130 valence electrons. The molecule has 1 saturated heterocycles. The predicted molar refractivity (Wildman–Crippen MR) is 90.2 cm³/mol. The zero-order valence-electron chi connectivity index (χ0n) is 12.7. The maximum atomic E-state index is 12.1. The van der Waals surface area contributed by atoms with E-state index >= 15 is 0 Å². The summed E-state index contributed by atoms with van der Waals surface area (Å²) in [6.45, 7) is 0.957. The van der Waals surface area contributed by atoms with E-state index in [1.54, 1.807) is 12.1 Å². The molecular formula is C14H22ClN3O4S. The van der Waals surface area contributed by atoms with Crippen LogP contribution in [-0.4, -0.2) is 40.1 Å². The smallest absolute Gasteiger partial charge is 0.253 e. The summed E-state index contributed by atoms with van der Waals surface area (Å²) in [5.74, 6) is -0.246. The Morgan fingerprint density at radius 1 is 1.35 bits per heavy atom. The normalized spacial score (nSPS) is 18.0. The van der Waals surface area contributed by atoms with Crippen LogP contribution in [0.5, 0.6) is 0 Å². The van der Waals surface area contributed by atoms with Gasteiger partial charge in [-0.25, -0.2) is 13.1 Å². The summed E-state index contributed by atoms with van der Waals surface area (Å²) < 4.78 is 31.8. The quantitative estimate of drug-likeness (QED) is 0.694. The van der Waals surface area contributed by atoms with Crippen LogP contribution >= 0.6 is 12.4 Å². The molecule has 1 heterocycles. The van der Waals surface area contributed by atoms with Gasteiger partial charge in [-0.2, -0.15) is 0 Å². The van der Waals surface area contributed by atoms with E-state index < -0.39 is 16.1 Å². The van der Waals surface area contributed by atoms with Crippen molar-refractivity contribution in [2.75, 3.05) is 25.0 Å². The van der Waals surface area contributed by atoms with E-state index in [9.17, 15) is 13.2 Å². The highest BCUT2D eigenvalue weighted by molar-refractivity contribution is 7.89. The lowest BCUT2D eigenvalue weighted by Crippen LogP contribution is -2.33. The monoisotopic (exact) mass is 363 g/mol. The third-order valence-electron chi connectivity index (χ3n) is 3.32. The average molecular weight is 364 g/mol. The highest BCUT2D eigenvalue weighted by atomic mass is 35.5. The van der Waals surface area contributed by atoms with Crippen LogP contribution in [-0.2, 0) is 19.6 Å². The summed E-state index contributed by atoms with van der Waals surface area (Å²) in [6.07, 6.45) is 2.13. The van der Waals surface area contributed by atoms with Gasteiger partial charge in [-0.05, 0) is 37.5 Å². The minimum atomic E-state index is -3.62. The third kappa shape index (κ3) is 5.74. The number of carbonyl (C=O) groups is 1. The molecule has 1 atom stereocenters. The molecule has 2 rings (SSSR count). The van der Waals surface area contributed by atoms with Gasteiger partial charge in [0.2, 0.25) is 10.0 Å². The van der Waals surface area contributed by atoms with Crippen LogP contribution in [0.4, 0.5) is 5.69 Å². The average Bonchev–Trinajstić information content (AvgIpc) is 2.54. The fourth-order valence-electron chi connectivity index (χ4n) is 2.19. The first kappa shape index (κ1) is 19.9. The number of amides is 1. The maximum absolute atomic E-state index is 12.1. The predicted octanol–water partition coefficient (Wildman–Crippen LogP) is 0.853. The fraction of sp³-hybridized carbons (Fsp3) is 0.500. The van der Waals surface area contributed by atoms with Gasteiger partial charge in [-0.1, -0.05) is 6.07 Å². The highest BCUT2D eigenvalue weighted by Crippen LogP contribution is 2.18. The van der Waals surface area contributed by atoms with Gasteiger partial charge in [-0.3, -0.25) is 4.79 Å². The second-order valence-corrected chi connectivity index (χ2v) is 6.83. The first-order valence-corrected chi connectivity index (χ1v) is 8.73. The summed E-state index contributed by atoms with van der Waals surface area (Å²) >= 11 is 0. The minimum absolute atomic E-state index is 0. The number of ether oxygens (including phenoxy) is 1. The Kier molecular flexibility index (Phi) is 7.93. The molecule has 7 nitrogen and oxygen atoms in total. The number of hydrogen-bond acceptors (Lipinski definition) is 5. The molecule has 1 aromatic carbocycles. The number of rotatable bonds is 6. The molecule has 0 bridgehead atoms. The van der Waals surface area contributed by atoms with E-state index in [4.69, 9.17) is 10.5 Å². The Morgan fingerprint density at radius 2 is 2.13 bits per heavy atom. The van der Waals surface area contributed by atoms with Crippen LogP contribution in [0.25, 0.3) is 0 Å². The van der Waals surface area contributed by atoms with Crippen molar-refractivity contribution in [3.8, 4) is 0 Å². The number of halogens is 1. The first-order chi connectivity index (χ1) is 10.5. The van der Waals surface area contributed by atoms with Gasteiger partial charge in [0, 0.05) is 25.4 Å². The van der Waals surface area contributed by atoms with Crippen LogP contribution in [0.1, 0.15) is 19.3 Å². The van der Waals surface area contributed by atoms with E-state index in [1.807, 2.05) is 0 Å². The van der Waals surface area contributed by atoms with Crippen LogP contribution in [0, 0.1) is 0 Å². The maximum Gasteiger partial charge on any atom is 0.253 e. The molecule has 23 heavy (non-hydrogen) atoms. The lowest BCUT2D eigenvalue weighted by Gasteiger charge is -2.21. The molecule has 4 N–H and O–H groups in total. The lowest BCUT2D eigenvalue weighted by atomic mass is 10.1. The molecule has 0 spiro atoms. The van der Waals surface area contributed by atoms with Gasteiger partial charge in [0.05, 0.1) is 4.90 Å². The van der Waals surface area contributed by atoms with Gasteiger partial charge in [0.1, 0.15) is 6.10 Å². The number of carbonyl (C=O) groups excluding carboxylic acids is 1. The first-order valence-electron chi connectivity index (χ1n) is 7.25. The van der Waals surface area contributed by atoms with E-state index in [0.717, 1.165) is 12.8 Å². The second-order valence-electron chi connectivity index (χ2n) is 5.06. The van der Waals surface area contributed by atoms with Crippen molar-refractivity contribution in [2.24, 2.45) is 5.73 Å². The van der Waals surface area contributed by atoms with Crippen molar-refractivity contribution < 1.29 is 17.9 Å². The zero-order valence-corrected chi connectivity index (χ0v) is 14.3. The van der Waals surface area contributed by atoms with Crippen LogP contribution in [0.3, 0.4) is 0 Å². The summed E-state index contributed by atoms with van der Waals surface area (Å²) in [5.41, 5.74) is 5.72. The molecule has 1 fully saturated rings. The van der Waals surface area contributed by atoms with Crippen molar-refractivity contribution in [3.63, 3.8) is 0 Å². The molecule has 1 unspecified atom stereocenters. The number of nitrogens with one attached hydrogen (secondary N) is 2. The molecule has 1 aliphatic heterocycles. The van der Waals surface area contributed by atoms with Crippen molar-refractivity contribution in [2.45, 2.75) is 30.3 Å². The van der Waals surface area contributed by atoms with E-state index in [-0.39, 0.29) is 36.3 Å². The summed E-state index contributed by atoms with van der Waals surface area (Å²) in [5, 5.41) is 2.70. The molecule has 0 radical (unpaired) electrons. The number of benzene rings is 1. The summed E-state index contributed by atoms with van der Waals surface area (Å²) in [7, 11) is -3.62. The minimum Gasteiger partial charge on any atom is -0.368 e. The van der Waals surface area contributed by atoms with E-state index in [1.165, 1.54) is 12.1 Å². The second kappa shape index (κ2) is 9.19. The Hall–Kier alpha value is -1.19. The van der Waals surface area contributed by atoms with Gasteiger partial charge >= 0.3 is 0 Å². The van der Waals surface area contributed by atoms with Crippen molar-refractivity contribution in [1.82, 2.24) is 4.72 Å². The Balaban J connectivity index is 0.00000264. The van der Waals surface area contributed by atoms with Gasteiger partial charge in [0.25, 0.3) is 5.91 Å². The number of nitrogens with two attached hydrogens (primary N) is 1. The topological polar surface area (TPSA) is 111 Å². The molecule has 9 heteroatoms. The highest BCUT2D eigenvalue weighted by Gasteiger charge is 2.22. The third-order valence-corrected chi connectivity index (χ3v) is 4.78. The van der Waals surface area contributed by atoms with Crippen LogP contribution < -0.4 is 15.8 Å². The van der Waals surface area contributed by atoms with Crippen molar-refractivity contribution in [1.29, 1.82) is 0 Å². The summed E-state index contributed by atoms with van der Waals surface area (Å²) in [4.78, 5) is 12.2. The van der Waals surface area contributed by atoms with Gasteiger partial charge in [0.15, 0.2) is 0 Å². The Labute approximate surface area is 142 Å². The molecule has 0 aliphatic carbocycles. The van der Waals surface area contributed by atoms with Gasteiger partial charge < -0.3 is 15.8 Å². The molecule has 0 aromatic heterocycles. The molecule has 1 aliphatic rings. The van der Waals surface area contributed by atoms with E-state index in [2.05, 4.69) is 10.0 Å². The molecule has 1 amide bonds. The van der Waals surface area contributed by atoms with Crippen LogP contribution in [0.15, 0.2) is 29.2 Å². The lowest BCUT2D eigenvalue weighted by molar-refractivity contribution is -0.129. The number of sulfonamides is 1. The van der Waals surface area contributed by atoms with Gasteiger partial charge in [-0.15, -0.1) is 12.4 Å². The van der Waals surface area contributed by atoms with Crippen LogP contribution in [0.2, 0.25) is 0 Å². The van der Waals surface area contributed by atoms with Crippen molar-refractivity contribution >= 4 is 34.0 Å². The molecule has 0 saturated carbocycles. The molecular weight excluding hydrogens is 342 g/mol. The zero-order chi connectivity index (χ0) is 16.0. The molecule has 1 aromatic rings. The standard InChI is InChI=1S/C14H21N3O4S.ClH/c15-7-8-16-22(19,20)12-5-3-4-11(10-12)17-14(18)13-6-1-2-9-21-13;/h3-5,10,13,16H,1-2,6-9,15H2,(H,17,18);1H. The summed E-state index contributed by atoms with van der Waals surface area (Å²) in [6, 6.07) is 6.10. The SMILES string of the molecule is Cl.NCCNS(=O)(=O)c1cccc(NC(=O)C2CCCCO2)c1. The fourth-order valence-corrected chi connectivity index (χ4v) is 3.28. The number of hydrogen-bond donors (Lipinski definition) is 3. The van der Waals surface area contributed by atoms with E-state index in [0.29, 0.717) is 18.7 Å². The number of anilines is 1. The largest absolute Gasteiger partial charge is 0.368 e.